The second-order valence-electron chi connectivity index (χ2n) is 6.07. The van der Waals surface area contributed by atoms with Crippen molar-refractivity contribution in [3.05, 3.63) is 66.4 Å². The maximum atomic E-state index is 12.1. The lowest BCUT2D eigenvalue weighted by atomic mass is 10.1. The number of carboxylic acid groups (broad SMARTS) is 1. The van der Waals surface area contributed by atoms with E-state index in [0.717, 1.165) is 16.5 Å². The van der Waals surface area contributed by atoms with Crippen LogP contribution in [0.1, 0.15) is 12.0 Å². The zero-order valence-corrected chi connectivity index (χ0v) is 14.2. The van der Waals surface area contributed by atoms with E-state index in [9.17, 15) is 14.7 Å². The second kappa shape index (κ2) is 8.31. The van der Waals surface area contributed by atoms with Crippen LogP contribution in [-0.4, -0.2) is 34.6 Å². The van der Waals surface area contributed by atoms with Gasteiger partial charge in [-0.3, -0.25) is 9.59 Å². The Balaban J connectivity index is 1.53. The minimum atomic E-state index is -1.04. The summed E-state index contributed by atoms with van der Waals surface area (Å²) in [5.41, 5.74) is 2.82. The van der Waals surface area contributed by atoms with E-state index in [1.54, 1.807) is 12.1 Å². The SMILES string of the molecule is O=C(CC(NCCc1c[nH]c2ccccc12)C(=O)O)Nc1ccccc1. The van der Waals surface area contributed by atoms with Gasteiger partial charge in [0.15, 0.2) is 0 Å². The first-order valence-corrected chi connectivity index (χ1v) is 8.49. The fourth-order valence-electron chi connectivity index (χ4n) is 2.89. The summed E-state index contributed by atoms with van der Waals surface area (Å²) < 4.78 is 0. The van der Waals surface area contributed by atoms with Crippen LogP contribution < -0.4 is 10.6 Å². The van der Waals surface area contributed by atoms with Gasteiger partial charge in [-0.2, -0.15) is 0 Å². The Kier molecular flexibility index (Phi) is 5.66. The van der Waals surface area contributed by atoms with Gasteiger partial charge in [-0.05, 0) is 30.2 Å². The molecule has 4 N–H and O–H groups in total. The molecule has 1 amide bonds. The zero-order valence-electron chi connectivity index (χ0n) is 14.2. The molecule has 0 aliphatic carbocycles. The Hall–Kier alpha value is -3.12. The molecule has 0 bridgehead atoms. The minimum absolute atomic E-state index is 0.127. The predicted octanol–water partition coefficient (Wildman–Crippen LogP) is 2.78. The summed E-state index contributed by atoms with van der Waals surface area (Å²) in [6.07, 6.45) is 2.48. The Labute approximate surface area is 151 Å². The summed E-state index contributed by atoms with van der Waals surface area (Å²) in [4.78, 5) is 26.7. The van der Waals surface area contributed by atoms with Gasteiger partial charge in [-0.15, -0.1) is 0 Å². The maximum absolute atomic E-state index is 12.1. The quantitative estimate of drug-likeness (QED) is 0.502. The molecule has 134 valence electrons. The Morgan fingerprint density at radius 1 is 1.04 bits per heavy atom. The molecule has 0 fully saturated rings. The van der Waals surface area contributed by atoms with E-state index in [1.165, 1.54) is 0 Å². The van der Waals surface area contributed by atoms with Gasteiger partial charge in [0, 0.05) is 29.3 Å². The number of carbonyl (C=O) groups excluding carboxylic acids is 1. The number of rotatable bonds is 8. The highest BCUT2D eigenvalue weighted by Crippen LogP contribution is 2.17. The number of amides is 1. The largest absolute Gasteiger partial charge is 0.480 e. The number of H-pyrrole nitrogens is 1. The number of para-hydroxylation sites is 2. The molecule has 0 saturated heterocycles. The van der Waals surface area contributed by atoms with Crippen molar-refractivity contribution in [2.24, 2.45) is 0 Å². The van der Waals surface area contributed by atoms with Gasteiger partial charge in [0.1, 0.15) is 6.04 Å². The number of fused-ring (bicyclic) bond motifs is 1. The van der Waals surface area contributed by atoms with E-state index in [0.29, 0.717) is 18.7 Å². The van der Waals surface area contributed by atoms with Crippen molar-refractivity contribution in [3.8, 4) is 0 Å². The summed E-state index contributed by atoms with van der Waals surface area (Å²) in [5, 5.41) is 16.2. The Morgan fingerprint density at radius 2 is 1.77 bits per heavy atom. The second-order valence-corrected chi connectivity index (χ2v) is 6.07. The van der Waals surface area contributed by atoms with Crippen LogP contribution in [0.15, 0.2) is 60.8 Å². The molecule has 1 unspecified atom stereocenters. The summed E-state index contributed by atoms with van der Waals surface area (Å²) in [6.45, 7) is 0.470. The number of nitrogens with one attached hydrogen (secondary N) is 3. The smallest absolute Gasteiger partial charge is 0.321 e. The number of carboxylic acids is 1. The van der Waals surface area contributed by atoms with E-state index in [-0.39, 0.29) is 12.3 Å². The number of aromatic amines is 1. The van der Waals surface area contributed by atoms with Crippen LogP contribution in [0, 0.1) is 0 Å². The van der Waals surface area contributed by atoms with E-state index in [1.807, 2.05) is 48.7 Å². The number of aliphatic carboxylic acids is 1. The van der Waals surface area contributed by atoms with Crippen molar-refractivity contribution < 1.29 is 14.7 Å². The topological polar surface area (TPSA) is 94.2 Å². The third kappa shape index (κ3) is 4.49. The molecule has 26 heavy (non-hydrogen) atoms. The van der Waals surface area contributed by atoms with Crippen molar-refractivity contribution in [1.82, 2.24) is 10.3 Å². The van der Waals surface area contributed by atoms with Gasteiger partial charge in [0.25, 0.3) is 0 Å². The average Bonchev–Trinajstić information content (AvgIpc) is 3.05. The van der Waals surface area contributed by atoms with Gasteiger partial charge in [0.05, 0.1) is 6.42 Å². The third-order valence-electron chi connectivity index (χ3n) is 4.21. The van der Waals surface area contributed by atoms with Gasteiger partial charge >= 0.3 is 5.97 Å². The molecular weight excluding hydrogens is 330 g/mol. The van der Waals surface area contributed by atoms with Gasteiger partial charge in [-0.25, -0.2) is 0 Å². The van der Waals surface area contributed by atoms with Crippen molar-refractivity contribution in [1.29, 1.82) is 0 Å². The molecule has 3 rings (SSSR count). The normalized spacial score (nSPS) is 12.0. The molecule has 0 radical (unpaired) electrons. The van der Waals surface area contributed by atoms with E-state index >= 15 is 0 Å². The Bertz CT molecular complexity index is 889. The van der Waals surface area contributed by atoms with E-state index < -0.39 is 12.0 Å². The van der Waals surface area contributed by atoms with Crippen LogP contribution in [0.4, 0.5) is 5.69 Å². The van der Waals surface area contributed by atoms with E-state index in [4.69, 9.17) is 0 Å². The molecule has 0 spiro atoms. The van der Waals surface area contributed by atoms with Gasteiger partial charge < -0.3 is 20.7 Å². The molecule has 1 aromatic heterocycles. The number of carbonyl (C=O) groups is 2. The number of anilines is 1. The number of benzene rings is 2. The van der Waals surface area contributed by atoms with Gasteiger partial charge in [0.2, 0.25) is 5.91 Å². The lowest BCUT2D eigenvalue weighted by molar-refractivity contribution is -0.141. The van der Waals surface area contributed by atoms with Crippen LogP contribution in [-0.2, 0) is 16.0 Å². The number of aromatic nitrogens is 1. The molecule has 0 saturated carbocycles. The molecule has 0 aliphatic rings. The summed E-state index contributed by atoms with van der Waals surface area (Å²) in [6, 6.07) is 16.0. The maximum Gasteiger partial charge on any atom is 0.321 e. The molecule has 1 atom stereocenters. The molecule has 3 aromatic rings. The molecule has 2 aromatic carbocycles. The first kappa shape index (κ1) is 17.7. The van der Waals surface area contributed by atoms with Crippen LogP contribution in [0.2, 0.25) is 0 Å². The van der Waals surface area contributed by atoms with E-state index in [2.05, 4.69) is 15.6 Å². The van der Waals surface area contributed by atoms with Crippen LogP contribution >= 0.6 is 0 Å². The van der Waals surface area contributed by atoms with Crippen LogP contribution in [0.25, 0.3) is 10.9 Å². The molecule has 6 nitrogen and oxygen atoms in total. The predicted molar refractivity (Wildman–Crippen MR) is 101 cm³/mol. The molecule has 6 heteroatoms. The summed E-state index contributed by atoms with van der Waals surface area (Å²) >= 11 is 0. The summed E-state index contributed by atoms with van der Waals surface area (Å²) in [7, 11) is 0. The van der Waals surface area contributed by atoms with Crippen molar-refractivity contribution >= 4 is 28.5 Å². The first-order valence-electron chi connectivity index (χ1n) is 8.49. The zero-order chi connectivity index (χ0) is 18.4. The fraction of sp³-hybridized carbons (Fsp3) is 0.200. The van der Waals surface area contributed by atoms with Crippen molar-refractivity contribution in [2.75, 3.05) is 11.9 Å². The standard InChI is InChI=1S/C20H21N3O3/c24-19(23-15-6-2-1-3-7-15)12-18(20(25)26)21-11-10-14-13-22-17-9-5-4-8-16(14)17/h1-9,13,18,21-22H,10-12H2,(H,23,24)(H,25,26). The minimum Gasteiger partial charge on any atom is -0.480 e. The van der Waals surface area contributed by atoms with Crippen molar-refractivity contribution in [2.45, 2.75) is 18.9 Å². The summed E-state index contributed by atoms with van der Waals surface area (Å²) in [5.74, 6) is -1.37. The van der Waals surface area contributed by atoms with Crippen LogP contribution in [0.5, 0.6) is 0 Å². The average molecular weight is 351 g/mol. The number of hydrogen-bond donors (Lipinski definition) is 4. The molecule has 1 heterocycles. The lowest BCUT2D eigenvalue weighted by Crippen LogP contribution is -2.40. The lowest BCUT2D eigenvalue weighted by Gasteiger charge is -2.14. The highest BCUT2D eigenvalue weighted by atomic mass is 16.4. The van der Waals surface area contributed by atoms with Gasteiger partial charge in [-0.1, -0.05) is 36.4 Å². The number of hydrogen-bond acceptors (Lipinski definition) is 3. The monoisotopic (exact) mass is 351 g/mol. The fourth-order valence-corrected chi connectivity index (χ4v) is 2.89. The van der Waals surface area contributed by atoms with Crippen molar-refractivity contribution in [3.63, 3.8) is 0 Å². The highest BCUT2D eigenvalue weighted by Gasteiger charge is 2.20. The highest BCUT2D eigenvalue weighted by molar-refractivity contribution is 5.94. The Morgan fingerprint density at radius 3 is 2.54 bits per heavy atom. The first-order chi connectivity index (χ1) is 12.6. The molecular formula is C20H21N3O3. The third-order valence-corrected chi connectivity index (χ3v) is 4.21. The van der Waals surface area contributed by atoms with Crippen LogP contribution in [0.3, 0.4) is 0 Å². The molecule has 0 aliphatic heterocycles.